The van der Waals surface area contributed by atoms with E-state index in [0.717, 1.165) is 12.1 Å². The molecule has 2 N–H and O–H groups in total. The zero-order valence-electron chi connectivity index (χ0n) is 13.8. The first-order chi connectivity index (χ1) is 12.2. The maximum Gasteiger partial charge on any atom is 0.416 e. The van der Waals surface area contributed by atoms with Crippen LogP contribution in [0.4, 0.5) is 13.2 Å². The van der Waals surface area contributed by atoms with Gasteiger partial charge in [-0.15, -0.1) is 11.3 Å². The number of aromatic nitrogens is 1. The molecule has 0 spiro atoms. The molecule has 2 aromatic rings. The molecule has 1 unspecified atom stereocenters. The predicted octanol–water partition coefficient (Wildman–Crippen LogP) is 3.71. The summed E-state index contributed by atoms with van der Waals surface area (Å²) < 4.78 is 38.5. The number of benzene rings is 1. The standard InChI is InChI=1S/C17H17F3N2O3S/c1-2-12(10-4-3-5-11(8-10)17(18,19)20)15(23)21-7-6-14-22-13(9-26-14)16(24)25/h3-5,8-9,12H,2,6-7H2,1H3,(H,21,23)(H,24,25). The molecular weight excluding hydrogens is 369 g/mol. The van der Waals surface area contributed by atoms with E-state index < -0.39 is 23.6 Å². The summed E-state index contributed by atoms with van der Waals surface area (Å²) in [6.07, 6.45) is -3.76. The van der Waals surface area contributed by atoms with Crippen LogP contribution in [0.1, 0.15) is 45.9 Å². The number of carboxylic acids is 1. The third-order valence-corrected chi connectivity index (χ3v) is 4.66. The summed E-state index contributed by atoms with van der Waals surface area (Å²) in [7, 11) is 0. The van der Waals surface area contributed by atoms with Crippen LogP contribution in [0.3, 0.4) is 0 Å². The van der Waals surface area contributed by atoms with Crippen molar-refractivity contribution >= 4 is 23.2 Å². The molecule has 1 aromatic carbocycles. The molecule has 1 atom stereocenters. The zero-order valence-corrected chi connectivity index (χ0v) is 14.7. The summed E-state index contributed by atoms with van der Waals surface area (Å²) in [6, 6.07) is 4.75. The Morgan fingerprint density at radius 1 is 1.35 bits per heavy atom. The van der Waals surface area contributed by atoms with Gasteiger partial charge in [-0.1, -0.05) is 25.1 Å². The number of hydrogen-bond donors (Lipinski definition) is 2. The van der Waals surface area contributed by atoms with Crippen LogP contribution >= 0.6 is 11.3 Å². The van der Waals surface area contributed by atoms with E-state index in [0.29, 0.717) is 23.4 Å². The Hall–Kier alpha value is -2.42. The first-order valence-electron chi connectivity index (χ1n) is 7.85. The Kier molecular flexibility index (Phi) is 6.36. The first-order valence-corrected chi connectivity index (χ1v) is 8.73. The van der Waals surface area contributed by atoms with Crippen LogP contribution in [-0.2, 0) is 17.4 Å². The fraction of sp³-hybridized carbons (Fsp3) is 0.353. The maximum absolute atomic E-state index is 12.8. The molecule has 0 bridgehead atoms. The molecule has 9 heteroatoms. The van der Waals surface area contributed by atoms with Crippen LogP contribution in [0, 0.1) is 0 Å². The highest BCUT2D eigenvalue weighted by Gasteiger charge is 2.31. The van der Waals surface area contributed by atoms with Crippen LogP contribution in [-0.4, -0.2) is 28.5 Å². The van der Waals surface area contributed by atoms with Crippen LogP contribution < -0.4 is 5.32 Å². The van der Waals surface area contributed by atoms with E-state index in [-0.39, 0.29) is 18.1 Å². The van der Waals surface area contributed by atoms with Gasteiger partial charge in [0, 0.05) is 18.3 Å². The number of nitrogens with one attached hydrogen (secondary N) is 1. The summed E-state index contributed by atoms with van der Waals surface area (Å²) in [5.74, 6) is -2.18. The van der Waals surface area contributed by atoms with Crippen molar-refractivity contribution in [3.8, 4) is 0 Å². The van der Waals surface area contributed by atoms with Crippen molar-refractivity contribution in [3.05, 3.63) is 51.5 Å². The monoisotopic (exact) mass is 386 g/mol. The van der Waals surface area contributed by atoms with Gasteiger partial charge in [0.25, 0.3) is 0 Å². The van der Waals surface area contributed by atoms with Crippen molar-refractivity contribution in [2.75, 3.05) is 6.54 Å². The lowest BCUT2D eigenvalue weighted by molar-refractivity contribution is -0.137. The van der Waals surface area contributed by atoms with Crippen LogP contribution in [0.15, 0.2) is 29.6 Å². The fourth-order valence-corrected chi connectivity index (χ4v) is 3.22. The van der Waals surface area contributed by atoms with E-state index in [9.17, 15) is 22.8 Å². The van der Waals surface area contributed by atoms with Crippen molar-refractivity contribution in [1.29, 1.82) is 0 Å². The summed E-state index contributed by atoms with van der Waals surface area (Å²) in [5.41, 5.74) is -0.529. The van der Waals surface area contributed by atoms with Crippen molar-refractivity contribution < 1.29 is 27.9 Å². The Labute approximate surface area is 151 Å². The summed E-state index contributed by atoms with van der Waals surface area (Å²) >= 11 is 1.18. The smallest absolute Gasteiger partial charge is 0.416 e. The van der Waals surface area contributed by atoms with E-state index in [1.807, 2.05) is 0 Å². The van der Waals surface area contributed by atoms with E-state index >= 15 is 0 Å². The van der Waals surface area contributed by atoms with Crippen molar-refractivity contribution in [3.63, 3.8) is 0 Å². The number of rotatable bonds is 7. The topological polar surface area (TPSA) is 79.3 Å². The third-order valence-electron chi connectivity index (χ3n) is 3.75. The minimum absolute atomic E-state index is 0.0493. The molecular formula is C17H17F3N2O3S. The van der Waals surface area contributed by atoms with Gasteiger partial charge in [-0.25, -0.2) is 9.78 Å². The lowest BCUT2D eigenvalue weighted by Gasteiger charge is -2.17. The molecule has 0 aliphatic heterocycles. The van der Waals surface area contributed by atoms with Crippen LogP contribution in [0.25, 0.3) is 0 Å². The molecule has 0 radical (unpaired) electrons. The molecule has 0 fully saturated rings. The van der Waals surface area contributed by atoms with Crippen LogP contribution in [0.2, 0.25) is 0 Å². The first kappa shape index (κ1) is 19.9. The molecule has 5 nitrogen and oxygen atoms in total. The number of thiazole rings is 1. The zero-order chi connectivity index (χ0) is 19.3. The minimum Gasteiger partial charge on any atom is -0.476 e. The van der Waals surface area contributed by atoms with Gasteiger partial charge in [-0.3, -0.25) is 4.79 Å². The second kappa shape index (κ2) is 8.31. The largest absolute Gasteiger partial charge is 0.476 e. The Morgan fingerprint density at radius 3 is 2.65 bits per heavy atom. The Bertz CT molecular complexity index is 790. The highest BCUT2D eigenvalue weighted by atomic mass is 32.1. The lowest BCUT2D eigenvalue weighted by Crippen LogP contribution is -2.31. The van der Waals surface area contributed by atoms with Gasteiger partial charge in [0.1, 0.15) is 0 Å². The average molecular weight is 386 g/mol. The number of alkyl halides is 3. The lowest BCUT2D eigenvalue weighted by atomic mass is 9.94. The van der Waals surface area contributed by atoms with Crippen LogP contribution in [0.5, 0.6) is 0 Å². The third kappa shape index (κ3) is 5.04. The highest BCUT2D eigenvalue weighted by Crippen LogP contribution is 2.31. The van der Waals surface area contributed by atoms with Gasteiger partial charge >= 0.3 is 12.1 Å². The Morgan fingerprint density at radius 2 is 2.08 bits per heavy atom. The van der Waals surface area contributed by atoms with Crippen molar-refractivity contribution in [2.24, 2.45) is 0 Å². The molecule has 0 saturated carbocycles. The number of nitrogens with zero attached hydrogens (tertiary/aromatic N) is 1. The number of carboxylic acid groups (broad SMARTS) is 1. The number of carbonyl (C=O) groups excluding carboxylic acids is 1. The van der Waals surface area contributed by atoms with E-state index in [2.05, 4.69) is 10.3 Å². The second-order valence-corrected chi connectivity index (χ2v) is 6.50. The molecule has 1 amide bonds. The van der Waals surface area contributed by atoms with Gasteiger partial charge in [0.15, 0.2) is 5.69 Å². The molecule has 0 saturated heterocycles. The number of hydrogen-bond acceptors (Lipinski definition) is 4. The van der Waals surface area contributed by atoms with Gasteiger partial charge in [-0.2, -0.15) is 13.2 Å². The summed E-state index contributed by atoms with van der Waals surface area (Å²) in [4.78, 5) is 27.0. The van der Waals surface area contributed by atoms with E-state index in [1.54, 1.807) is 6.92 Å². The molecule has 0 aliphatic carbocycles. The quantitative estimate of drug-likeness (QED) is 0.760. The molecule has 26 heavy (non-hydrogen) atoms. The second-order valence-electron chi connectivity index (χ2n) is 5.56. The Balaban J connectivity index is 1.99. The normalized spacial score (nSPS) is 12.6. The van der Waals surface area contributed by atoms with Gasteiger partial charge in [0.05, 0.1) is 16.5 Å². The predicted molar refractivity (Wildman–Crippen MR) is 90.3 cm³/mol. The van der Waals surface area contributed by atoms with Crippen molar-refractivity contribution in [2.45, 2.75) is 31.9 Å². The number of amides is 1. The maximum atomic E-state index is 12.8. The molecule has 1 aromatic heterocycles. The highest BCUT2D eigenvalue weighted by molar-refractivity contribution is 7.09. The SMILES string of the molecule is CCC(C(=O)NCCc1nc(C(=O)O)cs1)c1cccc(C(F)(F)F)c1. The number of carbonyl (C=O) groups is 2. The number of aromatic carboxylic acids is 1. The molecule has 0 aliphatic rings. The van der Waals surface area contributed by atoms with E-state index in [1.165, 1.54) is 28.8 Å². The van der Waals surface area contributed by atoms with Gasteiger partial charge < -0.3 is 10.4 Å². The fourth-order valence-electron chi connectivity index (χ4n) is 2.44. The summed E-state index contributed by atoms with van der Waals surface area (Å²) in [6.45, 7) is 1.95. The van der Waals surface area contributed by atoms with Crippen molar-refractivity contribution in [1.82, 2.24) is 10.3 Å². The van der Waals surface area contributed by atoms with Gasteiger partial charge in [0.2, 0.25) is 5.91 Å². The molecule has 1 heterocycles. The van der Waals surface area contributed by atoms with Gasteiger partial charge in [-0.05, 0) is 18.1 Å². The molecule has 140 valence electrons. The molecule has 2 rings (SSSR count). The van der Waals surface area contributed by atoms with E-state index in [4.69, 9.17) is 5.11 Å². The minimum atomic E-state index is -4.46. The average Bonchev–Trinajstić information content (AvgIpc) is 3.04. The number of halogens is 3. The summed E-state index contributed by atoms with van der Waals surface area (Å²) in [5, 5.41) is 13.5.